The van der Waals surface area contributed by atoms with Gasteiger partial charge in [-0.2, -0.15) is 0 Å². The summed E-state index contributed by atoms with van der Waals surface area (Å²) in [5.41, 5.74) is 0. The van der Waals surface area contributed by atoms with Crippen LogP contribution in [0.2, 0.25) is 0 Å². The molecule has 0 spiro atoms. The molecular formula is C13H27N. The molecule has 1 heteroatoms. The summed E-state index contributed by atoms with van der Waals surface area (Å²) in [5.74, 6) is 1.96. The minimum absolute atomic E-state index is 0.647. The first-order chi connectivity index (χ1) is 6.70. The Morgan fingerprint density at radius 1 is 1.07 bits per heavy atom. The summed E-state index contributed by atoms with van der Waals surface area (Å²) >= 11 is 0. The lowest BCUT2D eigenvalue weighted by atomic mass is 9.79. The van der Waals surface area contributed by atoms with Gasteiger partial charge in [-0.1, -0.05) is 52.9 Å². The molecule has 1 saturated carbocycles. The molecule has 0 radical (unpaired) electrons. The first kappa shape index (κ1) is 12.0. The highest BCUT2D eigenvalue weighted by atomic mass is 14.9. The second-order valence-electron chi connectivity index (χ2n) is 5.27. The number of rotatable bonds is 5. The zero-order valence-corrected chi connectivity index (χ0v) is 10.2. The SMILES string of the molecule is CC(C)NCCC(C)C1CCCCC1. The van der Waals surface area contributed by atoms with Gasteiger partial charge in [-0.25, -0.2) is 0 Å². The quantitative estimate of drug-likeness (QED) is 0.710. The molecule has 0 bridgehead atoms. The summed E-state index contributed by atoms with van der Waals surface area (Å²) < 4.78 is 0. The van der Waals surface area contributed by atoms with Crippen LogP contribution < -0.4 is 5.32 Å². The van der Waals surface area contributed by atoms with Crippen molar-refractivity contribution < 1.29 is 0 Å². The molecule has 1 aliphatic rings. The lowest BCUT2D eigenvalue weighted by Crippen LogP contribution is -2.27. The van der Waals surface area contributed by atoms with Gasteiger partial charge < -0.3 is 5.32 Å². The van der Waals surface area contributed by atoms with Crippen molar-refractivity contribution in [2.75, 3.05) is 6.54 Å². The molecule has 1 fully saturated rings. The highest BCUT2D eigenvalue weighted by Gasteiger charge is 2.19. The number of hydrogen-bond acceptors (Lipinski definition) is 1. The van der Waals surface area contributed by atoms with Crippen molar-refractivity contribution in [1.29, 1.82) is 0 Å². The Bertz CT molecular complexity index is 136. The summed E-state index contributed by atoms with van der Waals surface area (Å²) in [7, 11) is 0. The summed E-state index contributed by atoms with van der Waals surface area (Å²) in [5, 5.41) is 3.52. The van der Waals surface area contributed by atoms with Gasteiger partial charge in [-0.15, -0.1) is 0 Å². The van der Waals surface area contributed by atoms with Gasteiger partial charge in [-0.3, -0.25) is 0 Å². The first-order valence-electron chi connectivity index (χ1n) is 6.43. The fourth-order valence-corrected chi connectivity index (χ4v) is 2.54. The monoisotopic (exact) mass is 197 g/mol. The van der Waals surface area contributed by atoms with Crippen LogP contribution in [0.4, 0.5) is 0 Å². The molecule has 1 aliphatic carbocycles. The maximum absolute atomic E-state index is 3.52. The van der Waals surface area contributed by atoms with Crippen LogP contribution >= 0.6 is 0 Å². The smallest absolute Gasteiger partial charge is 0.00103 e. The van der Waals surface area contributed by atoms with Crippen LogP contribution in [-0.4, -0.2) is 12.6 Å². The summed E-state index contributed by atoms with van der Waals surface area (Å²) in [4.78, 5) is 0. The van der Waals surface area contributed by atoms with Gasteiger partial charge in [0, 0.05) is 6.04 Å². The predicted octanol–water partition coefficient (Wildman–Crippen LogP) is 3.59. The molecule has 0 saturated heterocycles. The lowest BCUT2D eigenvalue weighted by molar-refractivity contribution is 0.249. The standard InChI is InChI=1S/C13H27N/c1-11(2)14-10-9-12(3)13-7-5-4-6-8-13/h11-14H,4-10H2,1-3H3. The van der Waals surface area contributed by atoms with Crippen molar-refractivity contribution in [3.05, 3.63) is 0 Å². The lowest BCUT2D eigenvalue weighted by Gasteiger charge is -2.27. The first-order valence-corrected chi connectivity index (χ1v) is 6.43. The van der Waals surface area contributed by atoms with E-state index in [-0.39, 0.29) is 0 Å². The molecule has 0 aliphatic heterocycles. The molecular weight excluding hydrogens is 170 g/mol. The third-order valence-corrected chi connectivity index (χ3v) is 3.61. The fraction of sp³-hybridized carbons (Fsp3) is 1.00. The topological polar surface area (TPSA) is 12.0 Å². The van der Waals surface area contributed by atoms with Crippen molar-refractivity contribution >= 4 is 0 Å². The van der Waals surface area contributed by atoms with E-state index in [9.17, 15) is 0 Å². The van der Waals surface area contributed by atoms with Crippen LogP contribution in [-0.2, 0) is 0 Å². The highest BCUT2D eigenvalue weighted by molar-refractivity contribution is 4.72. The molecule has 0 aromatic carbocycles. The molecule has 0 aromatic heterocycles. The summed E-state index contributed by atoms with van der Waals surface area (Å²) in [6.45, 7) is 8.10. The zero-order valence-electron chi connectivity index (χ0n) is 10.2. The molecule has 84 valence electrons. The molecule has 0 heterocycles. The Morgan fingerprint density at radius 3 is 2.29 bits per heavy atom. The van der Waals surface area contributed by atoms with Crippen molar-refractivity contribution in [2.45, 2.75) is 65.3 Å². The summed E-state index contributed by atoms with van der Waals surface area (Å²) in [6, 6.07) is 0.647. The van der Waals surface area contributed by atoms with Crippen LogP contribution in [0.5, 0.6) is 0 Å². The Hall–Kier alpha value is -0.0400. The van der Waals surface area contributed by atoms with E-state index < -0.39 is 0 Å². The van der Waals surface area contributed by atoms with E-state index in [0.29, 0.717) is 6.04 Å². The Kier molecular flexibility index (Phi) is 5.54. The third kappa shape index (κ3) is 4.45. The van der Waals surface area contributed by atoms with Crippen LogP contribution in [0.3, 0.4) is 0 Å². The van der Waals surface area contributed by atoms with Crippen molar-refractivity contribution in [2.24, 2.45) is 11.8 Å². The van der Waals surface area contributed by atoms with Crippen LogP contribution in [0, 0.1) is 11.8 Å². The van der Waals surface area contributed by atoms with Crippen molar-refractivity contribution in [3.8, 4) is 0 Å². The second-order valence-corrected chi connectivity index (χ2v) is 5.27. The van der Waals surface area contributed by atoms with Gasteiger partial charge in [0.15, 0.2) is 0 Å². The molecule has 1 atom stereocenters. The fourth-order valence-electron chi connectivity index (χ4n) is 2.54. The molecule has 0 amide bonds. The maximum atomic E-state index is 3.52. The number of hydrogen-bond donors (Lipinski definition) is 1. The highest BCUT2D eigenvalue weighted by Crippen LogP contribution is 2.31. The van der Waals surface area contributed by atoms with Crippen LogP contribution in [0.15, 0.2) is 0 Å². The normalized spacial score (nSPS) is 21.4. The van der Waals surface area contributed by atoms with Gasteiger partial charge in [0.05, 0.1) is 0 Å². The largest absolute Gasteiger partial charge is 0.315 e. The van der Waals surface area contributed by atoms with Crippen LogP contribution in [0.25, 0.3) is 0 Å². The van der Waals surface area contributed by atoms with Crippen molar-refractivity contribution in [3.63, 3.8) is 0 Å². The molecule has 1 nitrogen and oxygen atoms in total. The number of nitrogens with one attached hydrogen (secondary N) is 1. The van der Waals surface area contributed by atoms with E-state index in [0.717, 1.165) is 11.8 Å². The molecule has 14 heavy (non-hydrogen) atoms. The molecule has 1 unspecified atom stereocenters. The van der Waals surface area contributed by atoms with E-state index in [2.05, 4.69) is 26.1 Å². The minimum atomic E-state index is 0.647. The Labute approximate surface area is 89.7 Å². The molecule has 1 rings (SSSR count). The van der Waals surface area contributed by atoms with Gasteiger partial charge in [0.1, 0.15) is 0 Å². The van der Waals surface area contributed by atoms with Gasteiger partial charge >= 0.3 is 0 Å². The second kappa shape index (κ2) is 6.44. The Morgan fingerprint density at radius 2 is 1.71 bits per heavy atom. The molecule has 0 aromatic rings. The van der Waals surface area contributed by atoms with Crippen LogP contribution in [0.1, 0.15) is 59.3 Å². The third-order valence-electron chi connectivity index (χ3n) is 3.61. The average Bonchev–Trinajstić information content (AvgIpc) is 2.18. The van der Waals surface area contributed by atoms with Gasteiger partial charge in [0.2, 0.25) is 0 Å². The minimum Gasteiger partial charge on any atom is -0.315 e. The average molecular weight is 197 g/mol. The van der Waals surface area contributed by atoms with E-state index in [1.807, 2.05) is 0 Å². The predicted molar refractivity (Wildman–Crippen MR) is 63.5 cm³/mol. The van der Waals surface area contributed by atoms with E-state index in [4.69, 9.17) is 0 Å². The molecule has 1 N–H and O–H groups in total. The maximum Gasteiger partial charge on any atom is 0.00103 e. The zero-order chi connectivity index (χ0) is 10.4. The van der Waals surface area contributed by atoms with E-state index in [1.54, 1.807) is 0 Å². The Balaban J connectivity index is 2.10. The van der Waals surface area contributed by atoms with Crippen molar-refractivity contribution in [1.82, 2.24) is 5.32 Å². The van der Waals surface area contributed by atoms with E-state index in [1.165, 1.54) is 45.1 Å². The van der Waals surface area contributed by atoms with E-state index >= 15 is 0 Å². The summed E-state index contributed by atoms with van der Waals surface area (Å²) in [6.07, 6.45) is 8.78. The van der Waals surface area contributed by atoms with Gasteiger partial charge in [0.25, 0.3) is 0 Å². The van der Waals surface area contributed by atoms with Gasteiger partial charge in [-0.05, 0) is 24.8 Å².